The van der Waals surface area contributed by atoms with Gasteiger partial charge in [-0.25, -0.2) is 39.7 Å². The Hall–Kier alpha value is -11.5. The third-order valence-corrected chi connectivity index (χ3v) is 22.5. The summed E-state index contributed by atoms with van der Waals surface area (Å²) in [6, 6.07) is 11.3. The smallest absolute Gasteiger partial charge is 0.426 e. The molecule has 5 aromatic rings. The van der Waals surface area contributed by atoms with Crippen molar-refractivity contribution < 1.29 is 101 Å². The lowest BCUT2D eigenvalue weighted by atomic mass is 9.63. The van der Waals surface area contributed by atoms with E-state index in [0.717, 1.165) is 49.8 Å². The summed E-state index contributed by atoms with van der Waals surface area (Å²) in [6.07, 6.45) is 6.74. The Balaban J connectivity index is 0.596. The summed E-state index contributed by atoms with van der Waals surface area (Å²) < 4.78 is 48.8. The standard InChI is InChI=1S/C83H102N14O22S2/c1-9-54-47(3)61-41-66-58-21-18-57(68(99)10-2)73(80(109)112-8)83(58,6)69(91-66)43-62-49(5)56(20-24-72(102)111-7)65(90-62)42-64-55(48(4)60(89-64)40-63(54)88-61)19-23-71(101)96-97-82(110)119-38-39-120-121-46-67(79(107)108)92-70(100)25-27-114-29-31-116-33-35-118-37-36-117-34-32-115-30-28-113-26-11-12-53(98)17-22-59(78(105)106)93-76(103)50-13-15-51(16-14-50)85-44-52-45-86-75-74(87-52)77(104)95-81(84)94-75/h9,13-16,18,21,40-43,45,59,67,73,85,89,91H,1,10-12,17,19-20,22-39,44,46H2,2-8H3,(H,92,100)(H,93,103)(H,96,101)(H,97,110)(H,105,106)(H,107,108)(H3,84,86,94,95,104)/t59-,67+,73+,83-/m0/s1. The zero-order chi connectivity index (χ0) is 87.1. The summed E-state index contributed by atoms with van der Waals surface area (Å²) in [5.41, 5.74) is 20.5. The first kappa shape index (κ1) is 93.3. The van der Waals surface area contributed by atoms with Crippen molar-refractivity contribution >= 4 is 143 Å². The number of amides is 4. The third-order valence-electron chi connectivity index (χ3n) is 20.1. The number of benzene rings is 1. The van der Waals surface area contributed by atoms with Crippen LogP contribution in [0.15, 0.2) is 89.9 Å². The van der Waals surface area contributed by atoms with Gasteiger partial charge in [-0.3, -0.25) is 48.8 Å². The number of carboxylic acids is 2. The van der Waals surface area contributed by atoms with E-state index in [1.165, 1.54) is 43.3 Å². The number of allylic oxidation sites excluding steroid dienone is 8. The van der Waals surface area contributed by atoms with E-state index in [4.69, 9.17) is 58.3 Å². The Morgan fingerprint density at radius 1 is 0.661 bits per heavy atom. The Morgan fingerprint density at radius 3 is 1.97 bits per heavy atom. The largest absolute Gasteiger partial charge is 0.480 e. The fourth-order valence-corrected chi connectivity index (χ4v) is 15.5. The number of fused-ring (bicyclic) bond motifs is 12. The fraction of sp³-hybridized carbons (Fsp3) is 0.446. The highest BCUT2D eigenvalue weighted by Crippen LogP contribution is 2.53. The first-order valence-electron chi connectivity index (χ1n) is 39.3. The first-order chi connectivity index (χ1) is 58.2. The number of aromatic nitrogens is 8. The number of hydrazine groups is 1. The normalized spacial score (nSPS) is 15.0. The number of ether oxygens (including phenoxy) is 9. The molecule has 9 rings (SSSR count). The topological polar surface area (TPSA) is 509 Å². The predicted molar refractivity (Wildman–Crippen MR) is 451 cm³/mol. The van der Waals surface area contributed by atoms with Crippen molar-refractivity contribution in [3.05, 3.63) is 152 Å². The maximum Gasteiger partial charge on any atom is 0.426 e. The second-order valence-corrected chi connectivity index (χ2v) is 30.8. The molecule has 4 aliphatic rings. The number of hydrogen-bond acceptors (Lipinski definition) is 29. The molecule has 8 bridgehead atoms. The van der Waals surface area contributed by atoms with Crippen LogP contribution in [0.2, 0.25) is 0 Å². The number of aryl methyl sites for hydroxylation is 2. The number of aliphatic carboxylic acids is 2. The van der Waals surface area contributed by atoms with Gasteiger partial charge in [-0.15, -0.1) is 0 Å². The van der Waals surface area contributed by atoms with Crippen LogP contribution in [-0.2, 0) is 99.4 Å². The highest BCUT2D eigenvalue weighted by molar-refractivity contribution is 8.76. The first-order valence-corrected chi connectivity index (χ1v) is 41.8. The molecule has 1 aliphatic carbocycles. The van der Waals surface area contributed by atoms with Crippen LogP contribution in [0.5, 0.6) is 0 Å². The molecular weight excluding hydrogens is 1610 g/mol. The minimum absolute atomic E-state index is 0.00300. The molecule has 121 heavy (non-hydrogen) atoms. The number of nitrogens with two attached hydrogens (primary N) is 1. The van der Waals surface area contributed by atoms with Crippen LogP contribution in [0.25, 0.3) is 50.1 Å². The zero-order valence-electron chi connectivity index (χ0n) is 68.4. The van der Waals surface area contributed by atoms with Crippen LogP contribution in [-0.4, -0.2) is 233 Å². The average Bonchev–Trinajstić information content (AvgIpc) is 1.57. The summed E-state index contributed by atoms with van der Waals surface area (Å²) in [5.74, 6) is -6.41. The Kier molecular flexibility index (Phi) is 35.7. The number of nitrogen functional groups attached to an aromatic ring is 1. The minimum atomic E-state index is -1.28. The number of ketones is 2. The van der Waals surface area contributed by atoms with Crippen LogP contribution in [0, 0.1) is 12.8 Å². The lowest BCUT2D eigenvalue weighted by Crippen LogP contribution is -2.42. The van der Waals surface area contributed by atoms with Gasteiger partial charge in [0.2, 0.25) is 17.8 Å². The maximum atomic E-state index is 14.0. The van der Waals surface area contributed by atoms with Crippen LogP contribution in [0.1, 0.15) is 147 Å². The number of carbonyl (C=O) groups excluding carboxylic acids is 8. The number of carboxylic acid groups (broad SMARTS) is 2. The van der Waals surface area contributed by atoms with Gasteiger partial charge in [-0.2, -0.15) is 4.98 Å². The van der Waals surface area contributed by atoms with Crippen molar-refractivity contribution in [2.45, 2.75) is 123 Å². The molecule has 0 fully saturated rings. The number of aromatic amines is 3. The highest BCUT2D eigenvalue weighted by Gasteiger charge is 2.53. The Morgan fingerprint density at radius 2 is 1.31 bits per heavy atom. The third kappa shape index (κ3) is 26.2. The summed E-state index contributed by atoms with van der Waals surface area (Å²) >= 11 is 0. The molecule has 4 amide bonds. The molecule has 36 nitrogen and oxygen atoms in total. The Bertz CT molecular complexity index is 5060. The predicted octanol–water partition coefficient (Wildman–Crippen LogP) is 7.76. The summed E-state index contributed by atoms with van der Waals surface area (Å²) in [7, 11) is 4.99. The van der Waals surface area contributed by atoms with Crippen LogP contribution in [0.3, 0.4) is 0 Å². The zero-order valence-corrected chi connectivity index (χ0v) is 70.1. The fourth-order valence-electron chi connectivity index (χ4n) is 13.5. The molecule has 0 radical (unpaired) electrons. The number of carbonyl (C=O) groups is 10. The lowest BCUT2D eigenvalue weighted by molar-refractivity contribution is -0.146. The number of methoxy groups -OCH3 is 2. The van der Waals surface area contributed by atoms with Gasteiger partial charge in [0.05, 0.1) is 134 Å². The number of H-pyrrole nitrogens is 3. The molecule has 1 aromatic carbocycles. The van der Waals surface area contributed by atoms with Crippen LogP contribution in [0.4, 0.5) is 16.4 Å². The number of esters is 2. The van der Waals surface area contributed by atoms with Gasteiger partial charge in [-0.05, 0) is 135 Å². The SMILES string of the molecule is C=CC1=C(C)c2cc3[nH]c(cc4nc(cc5[nH]c(cc1n2)c(C)c5CCC(=O)NNC(=O)OCCSSC[C@@H](NC(=O)CCOCCOCCOCCOCCOCCOCCCC(=O)CC[C@H](NC(=O)c1ccc(NCc2cnc5nc(N)[nH]c(=O)c5n2)cc1)C(=O)O)C(=O)O)C(CCC(=O)OC)=C4C)[C@]1(C)C3=CC=C(C(=O)CC)[C@@H]1C(=O)OC. The van der Waals surface area contributed by atoms with Crippen molar-refractivity contribution in [2.75, 3.05) is 123 Å². The molecule has 0 saturated carbocycles. The summed E-state index contributed by atoms with van der Waals surface area (Å²) in [5, 5.41) is 27.6. The monoisotopic (exact) mass is 1710 g/mol. The molecule has 4 atom stereocenters. The van der Waals surface area contributed by atoms with Crippen LogP contribution < -0.4 is 38.1 Å². The van der Waals surface area contributed by atoms with E-state index in [-0.39, 0.29) is 143 Å². The number of anilines is 2. The van der Waals surface area contributed by atoms with E-state index in [1.807, 2.05) is 58.0 Å². The molecule has 38 heteroatoms. The second-order valence-electron chi connectivity index (χ2n) is 28.2. The van der Waals surface area contributed by atoms with Crippen LogP contribution >= 0.6 is 21.6 Å². The van der Waals surface area contributed by atoms with Crippen molar-refractivity contribution in [1.29, 1.82) is 0 Å². The van der Waals surface area contributed by atoms with Gasteiger partial charge in [0.1, 0.15) is 30.4 Å². The van der Waals surface area contributed by atoms with E-state index >= 15 is 0 Å². The van der Waals surface area contributed by atoms with Gasteiger partial charge in [0.15, 0.2) is 16.9 Å². The van der Waals surface area contributed by atoms with Crippen molar-refractivity contribution in [2.24, 2.45) is 5.92 Å². The number of Topliss-reactive ketones (excluding diaryl/α,β-unsaturated/α-hetero) is 2. The van der Waals surface area contributed by atoms with Gasteiger partial charge in [0, 0.05) is 101 Å². The van der Waals surface area contributed by atoms with Crippen molar-refractivity contribution in [1.82, 2.24) is 61.4 Å². The molecule has 7 heterocycles. The summed E-state index contributed by atoms with van der Waals surface area (Å²) in [4.78, 5) is 173. The lowest BCUT2D eigenvalue weighted by Gasteiger charge is -2.37. The molecule has 12 N–H and O–H groups in total. The van der Waals surface area contributed by atoms with E-state index in [0.29, 0.717) is 121 Å². The number of nitrogens with one attached hydrogen (secondary N) is 8. The molecule has 0 unspecified atom stereocenters. The van der Waals surface area contributed by atoms with E-state index in [2.05, 4.69) is 63.3 Å². The van der Waals surface area contributed by atoms with E-state index < -0.39 is 76.7 Å². The second kappa shape index (κ2) is 46.3. The average molecular weight is 1710 g/mol. The van der Waals surface area contributed by atoms with E-state index in [9.17, 15) is 63.0 Å². The van der Waals surface area contributed by atoms with Gasteiger partial charge >= 0.3 is 30.0 Å². The molecule has 648 valence electrons. The minimum Gasteiger partial charge on any atom is -0.480 e. The van der Waals surface area contributed by atoms with Crippen molar-refractivity contribution in [3.63, 3.8) is 0 Å². The van der Waals surface area contributed by atoms with Crippen molar-refractivity contribution in [3.8, 4) is 0 Å². The molecule has 0 saturated heterocycles. The van der Waals surface area contributed by atoms with E-state index in [1.54, 1.807) is 31.2 Å². The molecule has 3 aliphatic heterocycles. The molecule has 0 spiro atoms. The van der Waals surface area contributed by atoms with Gasteiger partial charge in [-0.1, -0.05) is 53.3 Å². The number of hydrogen-bond donors (Lipinski definition) is 11. The molecular formula is C83H102N14O22S2. The highest BCUT2D eigenvalue weighted by atomic mass is 33.1. The number of rotatable bonds is 49. The molecule has 4 aromatic heterocycles. The van der Waals surface area contributed by atoms with Gasteiger partial charge < -0.3 is 84.5 Å². The maximum absolute atomic E-state index is 14.0. The number of nitrogens with zero attached hydrogens (tertiary/aromatic N) is 5. The van der Waals surface area contributed by atoms with Gasteiger partial charge in [0.25, 0.3) is 11.5 Å². The summed E-state index contributed by atoms with van der Waals surface area (Å²) in [6.45, 7) is 16.9. The quantitative estimate of drug-likeness (QED) is 0.00582. The Labute approximate surface area is 704 Å².